The van der Waals surface area contributed by atoms with Gasteiger partial charge in [-0.3, -0.25) is 0 Å². The molecule has 0 unspecified atom stereocenters. The summed E-state index contributed by atoms with van der Waals surface area (Å²) in [5.74, 6) is 0. The van der Waals surface area contributed by atoms with Crippen LogP contribution < -0.4 is 0 Å². The van der Waals surface area contributed by atoms with Crippen molar-refractivity contribution in [2.75, 3.05) is 40.9 Å². The highest BCUT2D eigenvalue weighted by Crippen LogP contribution is 2.37. The summed E-state index contributed by atoms with van der Waals surface area (Å²) in [5, 5.41) is 0. The lowest BCUT2D eigenvalue weighted by atomic mass is 9.88. The van der Waals surface area contributed by atoms with Crippen molar-refractivity contribution < 1.29 is 17.9 Å². The minimum Gasteiger partial charge on any atom is -0.378 e. The Hall–Kier alpha value is -0.210. The SMILES string of the molecule is CO[C@H]1CCN(S(=O)(=O)N(C)C)C[C@@]12CCCO2. The number of rotatable bonds is 3. The molecule has 0 aromatic heterocycles. The molecule has 6 nitrogen and oxygen atoms in total. The van der Waals surface area contributed by atoms with Crippen LogP contribution in [0.25, 0.3) is 0 Å². The van der Waals surface area contributed by atoms with Crippen molar-refractivity contribution in [3.63, 3.8) is 0 Å². The number of nitrogens with zero attached hydrogens (tertiary/aromatic N) is 2. The second-order valence-electron chi connectivity index (χ2n) is 5.15. The van der Waals surface area contributed by atoms with Crippen LogP contribution in [0.5, 0.6) is 0 Å². The van der Waals surface area contributed by atoms with Crippen LogP contribution >= 0.6 is 0 Å². The Bertz CT molecular complexity index is 390. The molecule has 2 aliphatic heterocycles. The van der Waals surface area contributed by atoms with Crippen LogP contribution in [0.2, 0.25) is 0 Å². The standard InChI is InChI=1S/C11H22N2O4S/c1-12(2)18(14,15)13-7-5-10(16-3)11(9-13)6-4-8-17-11/h10H,4-9H2,1-3H3/t10-,11-/m0/s1. The van der Waals surface area contributed by atoms with Gasteiger partial charge >= 0.3 is 0 Å². The van der Waals surface area contributed by atoms with Crippen LogP contribution in [0.3, 0.4) is 0 Å². The Balaban J connectivity index is 2.20. The summed E-state index contributed by atoms with van der Waals surface area (Å²) in [6.45, 7) is 1.58. The van der Waals surface area contributed by atoms with Crippen molar-refractivity contribution in [3.05, 3.63) is 0 Å². The molecule has 0 aromatic rings. The maximum Gasteiger partial charge on any atom is 0.281 e. The fourth-order valence-corrected chi connectivity index (χ4v) is 4.04. The zero-order chi connectivity index (χ0) is 13.4. The average Bonchev–Trinajstić information content (AvgIpc) is 2.77. The molecule has 0 saturated carbocycles. The highest BCUT2D eigenvalue weighted by atomic mass is 32.2. The zero-order valence-electron chi connectivity index (χ0n) is 11.3. The monoisotopic (exact) mass is 278 g/mol. The van der Waals surface area contributed by atoms with E-state index in [-0.39, 0.29) is 6.10 Å². The lowest BCUT2D eigenvalue weighted by molar-refractivity contribution is -0.132. The topological polar surface area (TPSA) is 59.1 Å². The van der Waals surface area contributed by atoms with E-state index in [2.05, 4.69) is 0 Å². The van der Waals surface area contributed by atoms with Gasteiger partial charge in [-0.1, -0.05) is 0 Å². The van der Waals surface area contributed by atoms with Gasteiger partial charge in [-0.25, -0.2) is 0 Å². The van der Waals surface area contributed by atoms with Gasteiger partial charge in [-0.2, -0.15) is 17.0 Å². The molecule has 0 radical (unpaired) electrons. The highest BCUT2D eigenvalue weighted by molar-refractivity contribution is 7.86. The Kier molecular flexibility index (Phi) is 3.99. The molecule has 18 heavy (non-hydrogen) atoms. The number of hydrogen-bond acceptors (Lipinski definition) is 4. The summed E-state index contributed by atoms with van der Waals surface area (Å²) in [4.78, 5) is 0. The van der Waals surface area contributed by atoms with Crippen LogP contribution in [0.4, 0.5) is 0 Å². The largest absolute Gasteiger partial charge is 0.378 e. The van der Waals surface area contributed by atoms with Crippen molar-refractivity contribution in [3.8, 4) is 0 Å². The Morgan fingerprint density at radius 1 is 1.44 bits per heavy atom. The van der Waals surface area contributed by atoms with Gasteiger partial charge in [-0.15, -0.1) is 0 Å². The quantitative estimate of drug-likeness (QED) is 0.732. The summed E-state index contributed by atoms with van der Waals surface area (Å²) in [6.07, 6.45) is 2.51. The van der Waals surface area contributed by atoms with Gasteiger partial charge < -0.3 is 9.47 Å². The Labute approximate surface area is 109 Å². The Morgan fingerprint density at radius 3 is 2.67 bits per heavy atom. The number of piperidine rings is 1. The van der Waals surface area contributed by atoms with Gasteiger partial charge in [-0.05, 0) is 19.3 Å². The van der Waals surface area contributed by atoms with Crippen LogP contribution in [-0.2, 0) is 19.7 Å². The fraction of sp³-hybridized carbons (Fsp3) is 1.00. The molecular weight excluding hydrogens is 256 g/mol. The van der Waals surface area contributed by atoms with Gasteiger partial charge in [0.05, 0.1) is 6.10 Å². The molecule has 2 rings (SSSR count). The lowest BCUT2D eigenvalue weighted by Crippen LogP contribution is -2.59. The van der Waals surface area contributed by atoms with Crippen molar-refractivity contribution in [2.45, 2.75) is 31.0 Å². The molecule has 0 aromatic carbocycles. The number of hydrogen-bond donors (Lipinski definition) is 0. The summed E-state index contributed by atoms with van der Waals surface area (Å²) in [5.41, 5.74) is -0.448. The van der Waals surface area contributed by atoms with Gasteiger partial charge in [0.15, 0.2) is 0 Å². The second-order valence-corrected chi connectivity index (χ2v) is 7.30. The normalized spacial score (nSPS) is 34.6. The lowest BCUT2D eigenvalue weighted by Gasteiger charge is -2.44. The third-order valence-corrected chi connectivity index (χ3v) is 5.76. The van der Waals surface area contributed by atoms with Crippen molar-refractivity contribution in [1.29, 1.82) is 0 Å². The van der Waals surface area contributed by atoms with Gasteiger partial charge in [0.2, 0.25) is 0 Å². The molecule has 1 spiro atoms. The molecule has 2 saturated heterocycles. The first-order chi connectivity index (χ1) is 8.42. The first kappa shape index (κ1) is 14.2. The molecule has 0 N–H and O–H groups in total. The van der Waals surface area contributed by atoms with E-state index in [1.54, 1.807) is 21.2 Å². The van der Waals surface area contributed by atoms with E-state index >= 15 is 0 Å². The first-order valence-corrected chi connectivity index (χ1v) is 7.66. The van der Waals surface area contributed by atoms with E-state index in [1.807, 2.05) is 0 Å². The molecule has 7 heteroatoms. The highest BCUT2D eigenvalue weighted by Gasteiger charge is 2.49. The molecule has 2 atom stereocenters. The van der Waals surface area contributed by atoms with Gasteiger partial charge in [0.1, 0.15) is 5.60 Å². The van der Waals surface area contributed by atoms with Crippen molar-refractivity contribution in [1.82, 2.24) is 8.61 Å². The molecule has 0 amide bonds. The van der Waals surface area contributed by atoms with Crippen molar-refractivity contribution >= 4 is 10.2 Å². The van der Waals surface area contributed by atoms with E-state index in [4.69, 9.17) is 9.47 Å². The summed E-state index contributed by atoms with van der Waals surface area (Å²) < 4.78 is 38.4. The average molecular weight is 278 g/mol. The molecule has 0 bridgehead atoms. The van der Waals surface area contributed by atoms with Gasteiger partial charge in [0.25, 0.3) is 10.2 Å². The summed E-state index contributed by atoms with van der Waals surface area (Å²) >= 11 is 0. The van der Waals surface area contributed by atoms with Crippen LogP contribution in [-0.4, -0.2) is 69.6 Å². The van der Waals surface area contributed by atoms with E-state index in [9.17, 15) is 8.42 Å². The van der Waals surface area contributed by atoms with Crippen LogP contribution in [0, 0.1) is 0 Å². The predicted octanol–water partition coefficient (Wildman–Crippen LogP) is 0.0627. The molecule has 0 aliphatic carbocycles. The maximum atomic E-state index is 12.2. The number of methoxy groups -OCH3 is 1. The van der Waals surface area contributed by atoms with E-state index in [0.717, 1.165) is 12.8 Å². The number of ether oxygens (including phenoxy) is 2. The molecular formula is C11H22N2O4S. The maximum absolute atomic E-state index is 12.2. The van der Waals surface area contributed by atoms with Crippen LogP contribution in [0.1, 0.15) is 19.3 Å². The van der Waals surface area contributed by atoms with Crippen LogP contribution in [0.15, 0.2) is 0 Å². The minimum absolute atomic E-state index is 0.00591. The molecule has 106 valence electrons. The zero-order valence-corrected chi connectivity index (χ0v) is 12.1. The first-order valence-electron chi connectivity index (χ1n) is 6.27. The predicted molar refractivity (Wildman–Crippen MR) is 67.5 cm³/mol. The van der Waals surface area contributed by atoms with Crippen molar-refractivity contribution in [2.24, 2.45) is 0 Å². The summed E-state index contributed by atoms with van der Waals surface area (Å²) in [7, 11) is 1.42. The molecule has 2 heterocycles. The van der Waals surface area contributed by atoms with E-state index in [1.165, 1.54) is 8.61 Å². The third-order valence-electron chi connectivity index (χ3n) is 3.88. The molecule has 2 aliphatic rings. The molecule has 2 fully saturated rings. The van der Waals surface area contributed by atoms with E-state index in [0.29, 0.717) is 26.1 Å². The Morgan fingerprint density at radius 2 is 2.17 bits per heavy atom. The minimum atomic E-state index is -3.36. The third kappa shape index (κ3) is 2.30. The van der Waals surface area contributed by atoms with E-state index < -0.39 is 15.8 Å². The fourth-order valence-electron chi connectivity index (χ4n) is 2.86. The second kappa shape index (κ2) is 5.05. The summed E-state index contributed by atoms with van der Waals surface area (Å²) in [6, 6.07) is 0. The van der Waals surface area contributed by atoms with Gasteiger partial charge in [0, 0.05) is 40.9 Å². The smallest absolute Gasteiger partial charge is 0.281 e.